The van der Waals surface area contributed by atoms with Crippen LogP contribution in [0.3, 0.4) is 0 Å². The van der Waals surface area contributed by atoms with Gasteiger partial charge in [0.05, 0.1) is 4.90 Å². The van der Waals surface area contributed by atoms with E-state index in [1.54, 1.807) is 30.5 Å². The molecule has 0 unspecified atom stereocenters. The molecule has 0 amide bonds. The lowest BCUT2D eigenvalue weighted by Crippen LogP contribution is -2.28. The summed E-state index contributed by atoms with van der Waals surface area (Å²) in [5.74, 6) is -0.348. The molecule has 9 heteroatoms. The average molecular weight is 354 g/mol. The fourth-order valence-electron chi connectivity index (χ4n) is 1.63. The van der Waals surface area contributed by atoms with E-state index in [0.717, 1.165) is 17.1 Å². The van der Waals surface area contributed by atoms with Crippen molar-refractivity contribution in [1.29, 1.82) is 0 Å². The van der Waals surface area contributed by atoms with Crippen LogP contribution in [0.15, 0.2) is 40.1 Å². The number of thiol groups is 1. The van der Waals surface area contributed by atoms with Crippen LogP contribution in [0.4, 0.5) is 13.2 Å². The Morgan fingerprint density at radius 1 is 1.14 bits per heavy atom. The summed E-state index contributed by atoms with van der Waals surface area (Å²) in [4.78, 5) is 0.973. The van der Waals surface area contributed by atoms with Gasteiger partial charge in [-0.2, -0.15) is 21.6 Å². The topological polar surface area (TPSA) is 43.4 Å². The van der Waals surface area contributed by atoms with Crippen molar-refractivity contribution in [3.05, 3.63) is 30.3 Å². The molecule has 0 bridgehead atoms. The Morgan fingerprint density at radius 2 is 1.81 bits per heavy atom. The Hall–Kier alpha value is -1.06. The zero-order valence-electron chi connectivity index (χ0n) is 10.5. The quantitative estimate of drug-likeness (QED) is 0.390. The normalized spacial score (nSPS) is 12.6. The molecule has 2 rings (SSSR count). The van der Waals surface area contributed by atoms with E-state index < -0.39 is 15.6 Å². The summed E-state index contributed by atoms with van der Waals surface area (Å²) in [6.07, 6.45) is 1.61. The van der Waals surface area contributed by atoms with Gasteiger partial charge in [-0.15, -0.1) is 24.4 Å². The molecule has 2 aromatic carbocycles. The Balaban J connectivity index is 2.56. The van der Waals surface area contributed by atoms with E-state index in [2.05, 4.69) is 16.8 Å². The van der Waals surface area contributed by atoms with Gasteiger partial charge < -0.3 is 4.18 Å². The van der Waals surface area contributed by atoms with Gasteiger partial charge in [-0.1, -0.05) is 6.07 Å². The first-order valence-corrected chi connectivity index (χ1v) is 8.53. The number of halogens is 3. The third-order valence-corrected chi connectivity index (χ3v) is 4.59. The lowest BCUT2D eigenvalue weighted by atomic mass is 10.1. The van der Waals surface area contributed by atoms with Crippen LogP contribution in [0.1, 0.15) is 0 Å². The van der Waals surface area contributed by atoms with Crippen LogP contribution in [0.25, 0.3) is 10.8 Å². The molecule has 0 aliphatic heterocycles. The van der Waals surface area contributed by atoms with Crippen molar-refractivity contribution in [3.63, 3.8) is 0 Å². The van der Waals surface area contributed by atoms with Gasteiger partial charge in [0.2, 0.25) is 0 Å². The van der Waals surface area contributed by atoms with Gasteiger partial charge >= 0.3 is 15.6 Å². The molecule has 0 aliphatic rings. The highest BCUT2D eigenvalue weighted by Crippen LogP contribution is 2.36. The molecule has 0 fully saturated rings. The summed E-state index contributed by atoms with van der Waals surface area (Å²) < 4.78 is 63.6. The Labute approximate surface area is 129 Å². The van der Waals surface area contributed by atoms with Crippen molar-refractivity contribution in [3.8, 4) is 5.75 Å². The van der Waals surface area contributed by atoms with E-state index in [4.69, 9.17) is 0 Å². The maximum atomic E-state index is 12.4. The first-order valence-electron chi connectivity index (χ1n) is 5.45. The Kier molecular flexibility index (Phi) is 4.36. The summed E-state index contributed by atoms with van der Waals surface area (Å²) in [5, 5.41) is 1.28. The van der Waals surface area contributed by atoms with Crippen molar-refractivity contribution in [2.24, 2.45) is 0 Å². The fourth-order valence-corrected chi connectivity index (χ4v) is 2.92. The van der Waals surface area contributed by atoms with Crippen LogP contribution >= 0.6 is 24.4 Å². The number of alkyl halides is 3. The number of benzene rings is 2. The molecule has 0 saturated carbocycles. The predicted molar refractivity (Wildman–Crippen MR) is 78.6 cm³/mol. The molecule has 0 aromatic heterocycles. The number of rotatable bonds is 3. The van der Waals surface area contributed by atoms with Crippen molar-refractivity contribution in [2.75, 3.05) is 6.26 Å². The number of thioether (sulfide) groups is 1. The van der Waals surface area contributed by atoms with E-state index in [1.807, 2.05) is 0 Å². The van der Waals surface area contributed by atoms with Gasteiger partial charge in [0.15, 0.2) is 5.75 Å². The monoisotopic (exact) mass is 354 g/mol. The van der Waals surface area contributed by atoms with Crippen LogP contribution in [0.5, 0.6) is 5.75 Å². The fraction of sp³-hybridized carbons (Fsp3) is 0.167. The highest BCUT2D eigenvalue weighted by molar-refractivity contribution is 7.98. The van der Waals surface area contributed by atoms with Gasteiger partial charge in [0, 0.05) is 4.90 Å². The van der Waals surface area contributed by atoms with Gasteiger partial charge in [-0.25, -0.2) is 0 Å². The van der Waals surface area contributed by atoms with E-state index in [-0.39, 0.29) is 10.6 Å². The van der Waals surface area contributed by atoms with Crippen LogP contribution < -0.4 is 4.18 Å². The summed E-state index contributed by atoms with van der Waals surface area (Å²) >= 11 is 5.26. The minimum Gasteiger partial charge on any atom is -0.375 e. The molecule has 2 aromatic rings. The summed E-state index contributed by atoms with van der Waals surface area (Å²) in [5.41, 5.74) is -5.47. The summed E-state index contributed by atoms with van der Waals surface area (Å²) in [6.45, 7) is 0. The van der Waals surface area contributed by atoms with E-state index in [0.29, 0.717) is 10.3 Å². The number of hydrogen-bond acceptors (Lipinski definition) is 5. The van der Waals surface area contributed by atoms with E-state index in [9.17, 15) is 21.6 Å². The first-order chi connectivity index (χ1) is 9.64. The predicted octanol–water partition coefficient (Wildman–Crippen LogP) is 4.08. The zero-order chi connectivity index (χ0) is 15.8. The van der Waals surface area contributed by atoms with Crippen LogP contribution in [0, 0.1) is 0 Å². The SMILES string of the molecule is CSc1cc2cc(S)ccc2cc1OS(=O)(=O)C(F)(F)F. The van der Waals surface area contributed by atoms with Gasteiger partial charge in [-0.05, 0) is 41.3 Å². The van der Waals surface area contributed by atoms with Gasteiger partial charge in [0.1, 0.15) is 0 Å². The highest BCUT2D eigenvalue weighted by atomic mass is 32.2. The first kappa shape index (κ1) is 16.3. The number of hydrogen-bond donors (Lipinski definition) is 1. The second-order valence-electron chi connectivity index (χ2n) is 4.02. The molecule has 0 heterocycles. The van der Waals surface area contributed by atoms with Crippen molar-refractivity contribution >= 4 is 45.3 Å². The number of fused-ring (bicyclic) bond motifs is 1. The molecule has 21 heavy (non-hydrogen) atoms. The standard InChI is InChI=1S/C12H9F3O3S3/c1-20-11-6-8-4-9(19)3-2-7(8)5-10(11)18-21(16,17)12(13,14)15/h2-6,19H,1H3. The van der Waals surface area contributed by atoms with E-state index in [1.165, 1.54) is 6.07 Å². The van der Waals surface area contributed by atoms with E-state index >= 15 is 0 Å². The van der Waals surface area contributed by atoms with Gasteiger partial charge in [-0.3, -0.25) is 0 Å². The van der Waals surface area contributed by atoms with Crippen LogP contribution in [-0.2, 0) is 10.1 Å². The Morgan fingerprint density at radius 3 is 2.38 bits per heavy atom. The van der Waals surface area contributed by atoms with Crippen LogP contribution in [-0.4, -0.2) is 20.2 Å². The highest BCUT2D eigenvalue weighted by Gasteiger charge is 2.48. The van der Waals surface area contributed by atoms with Crippen molar-refractivity contribution in [2.45, 2.75) is 15.3 Å². The third-order valence-electron chi connectivity index (χ3n) is 2.59. The molecule has 3 nitrogen and oxygen atoms in total. The lowest BCUT2D eigenvalue weighted by molar-refractivity contribution is -0.0500. The molecule has 0 N–H and O–H groups in total. The van der Waals surface area contributed by atoms with Crippen LogP contribution in [0.2, 0.25) is 0 Å². The molecule has 0 aliphatic carbocycles. The molecule has 0 spiro atoms. The molecular formula is C12H9F3O3S3. The maximum Gasteiger partial charge on any atom is 0.534 e. The Bertz CT molecular complexity index is 785. The molecule has 114 valence electrons. The molecular weight excluding hydrogens is 345 g/mol. The molecule has 0 saturated heterocycles. The largest absolute Gasteiger partial charge is 0.534 e. The maximum absolute atomic E-state index is 12.4. The van der Waals surface area contributed by atoms with Gasteiger partial charge in [0.25, 0.3) is 0 Å². The smallest absolute Gasteiger partial charge is 0.375 e. The second kappa shape index (κ2) is 5.62. The summed E-state index contributed by atoms with van der Waals surface area (Å²) in [7, 11) is -5.69. The van der Waals surface area contributed by atoms with Crippen molar-refractivity contribution < 1.29 is 25.8 Å². The molecule has 0 atom stereocenters. The second-order valence-corrected chi connectivity index (χ2v) is 6.92. The minimum atomic E-state index is -5.69. The zero-order valence-corrected chi connectivity index (χ0v) is 13.0. The van der Waals surface area contributed by atoms with Crippen molar-refractivity contribution in [1.82, 2.24) is 0 Å². The molecule has 0 radical (unpaired) electrons. The average Bonchev–Trinajstić information content (AvgIpc) is 2.36. The lowest BCUT2D eigenvalue weighted by Gasteiger charge is -2.13. The summed E-state index contributed by atoms with van der Waals surface area (Å²) in [6, 6.07) is 7.81. The minimum absolute atomic E-state index is 0.286. The third kappa shape index (κ3) is 3.41.